The molecule has 1 saturated heterocycles. The van der Waals surface area contributed by atoms with Gasteiger partial charge in [-0.25, -0.2) is 0 Å². The van der Waals surface area contributed by atoms with E-state index in [0.29, 0.717) is 6.44 Å². The summed E-state index contributed by atoms with van der Waals surface area (Å²) in [5.74, 6) is 0. The van der Waals surface area contributed by atoms with Crippen molar-refractivity contribution in [1.29, 1.82) is 0 Å². The third-order valence-corrected chi connectivity index (χ3v) is 2.21. The number of piperazine rings is 1. The molecule has 1 rings (SSSR count). The summed E-state index contributed by atoms with van der Waals surface area (Å²) in [6.07, 6.45) is 0.549. The first-order valence-corrected chi connectivity index (χ1v) is 4.36. The fraction of sp³-hybridized carbons (Fsp3) is 1.00. The van der Waals surface area contributed by atoms with Gasteiger partial charge in [0.15, 0.2) is 0 Å². The Hall–Kier alpha value is -0.255. The van der Waals surface area contributed by atoms with Crippen LogP contribution in [0.5, 0.6) is 0 Å². The van der Waals surface area contributed by atoms with Crippen LogP contribution in [0.15, 0.2) is 0 Å². The van der Waals surface area contributed by atoms with Crippen molar-refractivity contribution in [2.75, 3.05) is 45.8 Å². The Morgan fingerprint density at radius 3 is 2.25 bits per heavy atom. The maximum absolute atomic E-state index is 10.2. The molecule has 0 aliphatic carbocycles. The summed E-state index contributed by atoms with van der Waals surface area (Å²) >= 11 is 0. The molecule has 12 heavy (non-hydrogen) atoms. The molecule has 1 aliphatic rings. The van der Waals surface area contributed by atoms with Crippen molar-refractivity contribution >= 4 is 7.15 Å². The fourth-order valence-corrected chi connectivity index (χ4v) is 1.44. The van der Waals surface area contributed by atoms with Crippen LogP contribution in [-0.2, 0) is 4.70 Å². The van der Waals surface area contributed by atoms with Crippen LogP contribution in [0.3, 0.4) is 0 Å². The van der Waals surface area contributed by atoms with Crippen molar-refractivity contribution < 1.29 is 9.81 Å². The van der Waals surface area contributed by atoms with E-state index in [9.17, 15) is 4.70 Å². The molecular formula is C7H15BN2O2. The number of β-amino-alcohol motifs (C(OH)–C–C–N with tert-alkyl or cyclic N) is 1. The van der Waals surface area contributed by atoms with Gasteiger partial charge in [-0.2, -0.15) is 0 Å². The molecule has 0 unspecified atom stereocenters. The molecule has 0 aromatic carbocycles. The molecule has 0 spiro atoms. The molecule has 1 aliphatic heterocycles. The molecule has 4 nitrogen and oxygen atoms in total. The van der Waals surface area contributed by atoms with Crippen LogP contribution < -0.4 is 0 Å². The Balaban J connectivity index is 2.15. The van der Waals surface area contributed by atoms with Crippen molar-refractivity contribution in [3.05, 3.63) is 0 Å². The topological polar surface area (TPSA) is 43.8 Å². The van der Waals surface area contributed by atoms with Crippen LogP contribution in [0.2, 0.25) is 0 Å². The van der Waals surface area contributed by atoms with E-state index < -0.39 is 0 Å². The van der Waals surface area contributed by atoms with Gasteiger partial charge in [0, 0.05) is 0 Å². The summed E-state index contributed by atoms with van der Waals surface area (Å²) in [7, 11) is 0.946. The number of rotatable bonds is 4. The Kier molecular flexibility index (Phi) is 4.42. The van der Waals surface area contributed by atoms with Crippen LogP contribution in [0.1, 0.15) is 0 Å². The van der Waals surface area contributed by atoms with Gasteiger partial charge >= 0.3 is 72.5 Å². The first-order chi connectivity index (χ1) is 5.86. The molecular weight excluding hydrogens is 155 g/mol. The summed E-state index contributed by atoms with van der Waals surface area (Å²) in [6.45, 7) is 4.81. The van der Waals surface area contributed by atoms with Gasteiger partial charge in [-0.3, -0.25) is 0 Å². The van der Waals surface area contributed by atoms with Crippen molar-refractivity contribution in [1.82, 2.24) is 9.80 Å². The number of nitrogens with zero attached hydrogens (tertiary/aromatic N) is 2. The number of aliphatic hydroxyl groups excluding tert-OH is 1. The quantitative estimate of drug-likeness (QED) is 0.527. The van der Waals surface area contributed by atoms with Gasteiger partial charge in [0.1, 0.15) is 0 Å². The van der Waals surface area contributed by atoms with E-state index in [1.165, 1.54) is 0 Å². The van der Waals surface area contributed by atoms with E-state index in [-0.39, 0.29) is 6.61 Å². The second kappa shape index (κ2) is 5.40. The minimum atomic E-state index is 0.230. The molecule has 1 heterocycles. The normalized spacial score (nSPS) is 20.8. The van der Waals surface area contributed by atoms with E-state index in [2.05, 4.69) is 9.80 Å². The predicted octanol–water partition coefficient (Wildman–Crippen LogP) is -1.40. The van der Waals surface area contributed by atoms with Gasteiger partial charge in [-0.1, -0.05) is 0 Å². The summed E-state index contributed by atoms with van der Waals surface area (Å²) < 4.78 is 10.2. The average Bonchev–Trinajstić information content (AvgIpc) is 2.09. The molecule has 0 atom stereocenters. The van der Waals surface area contributed by atoms with Crippen LogP contribution in [0.4, 0.5) is 0 Å². The van der Waals surface area contributed by atoms with E-state index in [4.69, 9.17) is 5.11 Å². The molecule has 0 amide bonds. The second-order valence-corrected chi connectivity index (χ2v) is 3.03. The summed E-state index contributed by atoms with van der Waals surface area (Å²) in [5.41, 5.74) is 0. The van der Waals surface area contributed by atoms with Gasteiger partial charge in [0.05, 0.1) is 0 Å². The Morgan fingerprint density at radius 2 is 1.75 bits per heavy atom. The SMILES string of the molecule is O=BCN1CCN(CCO)CC1. The van der Waals surface area contributed by atoms with Crippen molar-refractivity contribution in [3.63, 3.8) is 0 Å². The standard InChI is InChI=1S/C7H15BN2O2/c11-6-5-9-1-3-10(4-2-9)7-8-12/h11H,1-7H2. The van der Waals surface area contributed by atoms with Crippen molar-refractivity contribution in [3.8, 4) is 0 Å². The van der Waals surface area contributed by atoms with Gasteiger partial charge in [-0.05, 0) is 0 Å². The Labute approximate surface area is 73.4 Å². The van der Waals surface area contributed by atoms with Crippen LogP contribution in [-0.4, -0.2) is 67.8 Å². The molecule has 0 aromatic heterocycles. The van der Waals surface area contributed by atoms with Crippen molar-refractivity contribution in [2.45, 2.75) is 0 Å². The number of aliphatic hydroxyl groups is 1. The Bertz CT molecular complexity index is 137. The van der Waals surface area contributed by atoms with Crippen LogP contribution in [0.25, 0.3) is 0 Å². The van der Waals surface area contributed by atoms with E-state index >= 15 is 0 Å². The van der Waals surface area contributed by atoms with Crippen LogP contribution >= 0.6 is 0 Å². The van der Waals surface area contributed by atoms with Gasteiger partial charge in [-0.15, -0.1) is 0 Å². The molecule has 0 radical (unpaired) electrons. The van der Waals surface area contributed by atoms with E-state index in [1.54, 1.807) is 0 Å². The van der Waals surface area contributed by atoms with Crippen molar-refractivity contribution in [2.24, 2.45) is 0 Å². The molecule has 1 N–H and O–H groups in total. The predicted molar refractivity (Wildman–Crippen MR) is 46.4 cm³/mol. The monoisotopic (exact) mass is 170 g/mol. The summed E-state index contributed by atoms with van der Waals surface area (Å²) in [6, 6.07) is 0. The Morgan fingerprint density at radius 1 is 1.17 bits per heavy atom. The third kappa shape index (κ3) is 3.01. The summed E-state index contributed by atoms with van der Waals surface area (Å²) in [5, 5.41) is 8.68. The first-order valence-electron chi connectivity index (χ1n) is 4.36. The molecule has 68 valence electrons. The van der Waals surface area contributed by atoms with Crippen LogP contribution in [0, 0.1) is 0 Å². The summed E-state index contributed by atoms with van der Waals surface area (Å²) in [4.78, 5) is 4.34. The fourth-order valence-electron chi connectivity index (χ4n) is 1.44. The van der Waals surface area contributed by atoms with Gasteiger partial charge in [0.2, 0.25) is 0 Å². The maximum atomic E-state index is 10.2. The molecule has 0 aromatic rings. The average molecular weight is 170 g/mol. The molecule has 0 saturated carbocycles. The van der Waals surface area contributed by atoms with Gasteiger partial charge in [0.25, 0.3) is 0 Å². The number of hydrogen-bond donors (Lipinski definition) is 1. The molecule has 5 heteroatoms. The molecule has 0 bridgehead atoms. The number of hydrogen-bond acceptors (Lipinski definition) is 4. The second-order valence-electron chi connectivity index (χ2n) is 3.03. The third-order valence-electron chi connectivity index (χ3n) is 2.21. The van der Waals surface area contributed by atoms with Gasteiger partial charge < -0.3 is 0 Å². The molecule has 1 fully saturated rings. The minimum absolute atomic E-state index is 0.230. The zero-order valence-corrected chi connectivity index (χ0v) is 7.28. The van der Waals surface area contributed by atoms with E-state index in [0.717, 1.165) is 39.9 Å². The zero-order valence-electron chi connectivity index (χ0n) is 7.28. The zero-order chi connectivity index (χ0) is 8.81. The van der Waals surface area contributed by atoms with E-state index in [1.807, 2.05) is 0 Å². The first kappa shape index (κ1) is 9.83.